The SMILES string of the molecule is O=C(NC1c2ccccc2CCC1n1ccnc1)c1cc(C2CC2)[nH]n1. The van der Waals surface area contributed by atoms with Crippen LogP contribution in [-0.4, -0.2) is 25.7 Å². The summed E-state index contributed by atoms with van der Waals surface area (Å²) < 4.78 is 2.10. The second-order valence-corrected chi connectivity index (χ2v) is 7.25. The van der Waals surface area contributed by atoms with Gasteiger partial charge in [0.2, 0.25) is 0 Å². The standard InChI is InChI=1S/C20H21N5O/c26-20(17-11-16(23-24-17)14-5-6-14)22-19-15-4-2-1-3-13(15)7-8-18(19)25-10-9-21-12-25/h1-4,9-12,14,18-19H,5-8H2,(H,22,26)(H,23,24). The van der Waals surface area contributed by atoms with Crippen molar-refractivity contribution in [3.8, 4) is 0 Å². The van der Waals surface area contributed by atoms with Crippen molar-refractivity contribution in [3.05, 3.63) is 71.6 Å². The van der Waals surface area contributed by atoms with Crippen LogP contribution in [0.4, 0.5) is 0 Å². The number of aryl methyl sites for hydroxylation is 1. The first-order valence-electron chi connectivity index (χ1n) is 9.21. The number of carbonyl (C=O) groups is 1. The fourth-order valence-corrected chi connectivity index (χ4v) is 3.97. The molecule has 0 bridgehead atoms. The first-order chi connectivity index (χ1) is 12.8. The number of H-pyrrole nitrogens is 1. The van der Waals surface area contributed by atoms with Gasteiger partial charge in [0.05, 0.1) is 18.4 Å². The summed E-state index contributed by atoms with van der Waals surface area (Å²) in [5.74, 6) is 0.429. The highest BCUT2D eigenvalue weighted by molar-refractivity contribution is 5.92. The van der Waals surface area contributed by atoms with Crippen LogP contribution in [-0.2, 0) is 6.42 Å². The van der Waals surface area contributed by atoms with Gasteiger partial charge in [0, 0.05) is 24.0 Å². The van der Waals surface area contributed by atoms with E-state index in [1.165, 1.54) is 24.0 Å². The van der Waals surface area contributed by atoms with Gasteiger partial charge in [-0.05, 0) is 42.9 Å². The topological polar surface area (TPSA) is 75.6 Å². The minimum atomic E-state index is -0.125. The number of benzene rings is 1. The number of hydrogen-bond donors (Lipinski definition) is 2. The van der Waals surface area contributed by atoms with E-state index in [9.17, 15) is 4.79 Å². The average molecular weight is 347 g/mol. The summed E-state index contributed by atoms with van der Waals surface area (Å²) in [6.45, 7) is 0. The van der Waals surface area contributed by atoms with E-state index in [-0.39, 0.29) is 18.0 Å². The van der Waals surface area contributed by atoms with Gasteiger partial charge in [-0.3, -0.25) is 9.89 Å². The molecule has 1 saturated carbocycles. The molecule has 1 aromatic carbocycles. The largest absolute Gasteiger partial charge is 0.342 e. The number of nitrogens with zero attached hydrogens (tertiary/aromatic N) is 3. The molecule has 0 radical (unpaired) electrons. The molecule has 2 heterocycles. The van der Waals surface area contributed by atoms with Crippen LogP contribution >= 0.6 is 0 Å². The van der Waals surface area contributed by atoms with Gasteiger partial charge in [-0.1, -0.05) is 24.3 Å². The van der Waals surface area contributed by atoms with Gasteiger partial charge in [-0.15, -0.1) is 0 Å². The maximum atomic E-state index is 12.9. The van der Waals surface area contributed by atoms with Crippen LogP contribution in [0.25, 0.3) is 0 Å². The number of carbonyl (C=O) groups excluding carboxylic acids is 1. The molecule has 0 aliphatic heterocycles. The van der Waals surface area contributed by atoms with Crippen molar-refractivity contribution in [1.29, 1.82) is 0 Å². The van der Waals surface area contributed by atoms with Crippen LogP contribution in [0.3, 0.4) is 0 Å². The molecule has 6 heteroatoms. The van der Waals surface area contributed by atoms with E-state index in [0.29, 0.717) is 11.6 Å². The summed E-state index contributed by atoms with van der Waals surface area (Å²) in [6.07, 6.45) is 9.92. The lowest BCUT2D eigenvalue weighted by Crippen LogP contribution is -2.37. The maximum Gasteiger partial charge on any atom is 0.272 e. The molecule has 0 saturated heterocycles. The summed E-state index contributed by atoms with van der Waals surface area (Å²) >= 11 is 0. The third kappa shape index (κ3) is 2.71. The molecule has 2 N–H and O–H groups in total. The number of hydrogen-bond acceptors (Lipinski definition) is 3. The lowest BCUT2D eigenvalue weighted by Gasteiger charge is -2.34. The fourth-order valence-electron chi connectivity index (χ4n) is 3.97. The minimum Gasteiger partial charge on any atom is -0.342 e. The molecule has 2 aromatic heterocycles. The number of aromatic nitrogens is 4. The number of nitrogens with one attached hydrogen (secondary N) is 2. The van der Waals surface area contributed by atoms with Crippen LogP contribution < -0.4 is 5.32 Å². The Morgan fingerprint density at radius 1 is 1.23 bits per heavy atom. The van der Waals surface area contributed by atoms with E-state index < -0.39 is 0 Å². The lowest BCUT2D eigenvalue weighted by molar-refractivity contribution is 0.0913. The molecule has 132 valence electrons. The molecular weight excluding hydrogens is 326 g/mol. The highest BCUT2D eigenvalue weighted by Crippen LogP contribution is 2.40. The maximum absolute atomic E-state index is 12.9. The van der Waals surface area contributed by atoms with Crippen molar-refractivity contribution in [2.24, 2.45) is 0 Å². The predicted molar refractivity (Wildman–Crippen MR) is 96.8 cm³/mol. The Morgan fingerprint density at radius 2 is 2.12 bits per heavy atom. The van der Waals surface area contributed by atoms with Crippen LogP contribution in [0, 0.1) is 0 Å². The van der Waals surface area contributed by atoms with Crippen LogP contribution in [0.1, 0.15) is 64.6 Å². The second-order valence-electron chi connectivity index (χ2n) is 7.25. The van der Waals surface area contributed by atoms with Gasteiger partial charge in [0.1, 0.15) is 5.69 Å². The third-order valence-corrected chi connectivity index (χ3v) is 5.53. The van der Waals surface area contributed by atoms with E-state index >= 15 is 0 Å². The summed E-state index contributed by atoms with van der Waals surface area (Å²) in [5.41, 5.74) is 4.03. The zero-order valence-corrected chi connectivity index (χ0v) is 14.4. The molecule has 2 atom stereocenters. The van der Waals surface area contributed by atoms with Crippen molar-refractivity contribution in [3.63, 3.8) is 0 Å². The molecule has 2 aliphatic carbocycles. The Kier molecular flexibility index (Phi) is 3.62. The zero-order valence-electron chi connectivity index (χ0n) is 14.4. The molecule has 5 rings (SSSR count). The summed E-state index contributed by atoms with van der Waals surface area (Å²) in [4.78, 5) is 17.1. The number of rotatable bonds is 4. The van der Waals surface area contributed by atoms with Crippen molar-refractivity contribution >= 4 is 5.91 Å². The van der Waals surface area contributed by atoms with E-state index in [1.54, 1.807) is 6.20 Å². The summed E-state index contributed by atoms with van der Waals surface area (Å²) in [6, 6.07) is 10.3. The fraction of sp³-hybridized carbons (Fsp3) is 0.350. The molecule has 2 unspecified atom stereocenters. The summed E-state index contributed by atoms with van der Waals surface area (Å²) in [5, 5.41) is 10.5. The van der Waals surface area contributed by atoms with Gasteiger partial charge >= 0.3 is 0 Å². The van der Waals surface area contributed by atoms with E-state index in [4.69, 9.17) is 0 Å². The van der Waals surface area contributed by atoms with Crippen molar-refractivity contribution in [2.75, 3.05) is 0 Å². The molecule has 3 aromatic rings. The Labute approximate surface area is 151 Å². The van der Waals surface area contributed by atoms with Gasteiger partial charge in [0.25, 0.3) is 5.91 Å². The molecule has 0 spiro atoms. The van der Waals surface area contributed by atoms with E-state index in [2.05, 4.69) is 43.3 Å². The van der Waals surface area contributed by atoms with Gasteiger partial charge in [-0.25, -0.2) is 4.98 Å². The first kappa shape index (κ1) is 15.4. The van der Waals surface area contributed by atoms with Crippen LogP contribution in [0.15, 0.2) is 49.1 Å². The number of aromatic amines is 1. The van der Waals surface area contributed by atoms with E-state index in [0.717, 1.165) is 18.5 Å². The molecule has 1 fully saturated rings. The molecular formula is C20H21N5O. The highest BCUT2D eigenvalue weighted by Gasteiger charge is 2.33. The average Bonchev–Trinajstić information content (AvgIpc) is 3.17. The molecule has 26 heavy (non-hydrogen) atoms. The Balaban J connectivity index is 1.45. The third-order valence-electron chi connectivity index (χ3n) is 5.53. The smallest absolute Gasteiger partial charge is 0.272 e. The van der Waals surface area contributed by atoms with E-state index in [1.807, 2.05) is 24.7 Å². The molecule has 2 aliphatic rings. The second kappa shape index (κ2) is 6.12. The summed E-state index contributed by atoms with van der Waals surface area (Å²) in [7, 11) is 0. The zero-order chi connectivity index (χ0) is 17.5. The van der Waals surface area contributed by atoms with Gasteiger partial charge in [0.15, 0.2) is 0 Å². The Morgan fingerprint density at radius 3 is 2.92 bits per heavy atom. The van der Waals surface area contributed by atoms with Crippen LogP contribution in [0.2, 0.25) is 0 Å². The number of amides is 1. The van der Waals surface area contributed by atoms with Gasteiger partial charge in [-0.2, -0.15) is 5.10 Å². The Bertz CT molecular complexity index is 925. The number of fused-ring (bicyclic) bond motifs is 1. The predicted octanol–water partition coefficient (Wildman–Crippen LogP) is 3.14. The highest BCUT2D eigenvalue weighted by atomic mass is 16.2. The molecule has 6 nitrogen and oxygen atoms in total. The van der Waals surface area contributed by atoms with Crippen molar-refractivity contribution in [2.45, 2.75) is 43.7 Å². The van der Waals surface area contributed by atoms with Gasteiger partial charge < -0.3 is 9.88 Å². The van der Waals surface area contributed by atoms with Crippen LogP contribution in [0.5, 0.6) is 0 Å². The quantitative estimate of drug-likeness (QED) is 0.761. The monoisotopic (exact) mass is 347 g/mol. The first-order valence-corrected chi connectivity index (χ1v) is 9.21. The number of imidazole rings is 1. The Hall–Kier alpha value is -2.89. The van der Waals surface area contributed by atoms with Crippen molar-refractivity contribution < 1.29 is 4.79 Å². The molecule has 1 amide bonds. The minimum absolute atomic E-state index is 0.0947. The normalized spacial score (nSPS) is 22.0. The lowest BCUT2D eigenvalue weighted by atomic mass is 9.83. The van der Waals surface area contributed by atoms with Crippen molar-refractivity contribution in [1.82, 2.24) is 25.1 Å².